The van der Waals surface area contributed by atoms with Crippen LogP contribution < -0.4 is 5.32 Å². The molecule has 1 fully saturated rings. The summed E-state index contributed by atoms with van der Waals surface area (Å²) in [6, 6.07) is 8.48. The maximum absolute atomic E-state index is 12.0. The first-order valence-corrected chi connectivity index (χ1v) is 6.79. The van der Waals surface area contributed by atoms with E-state index in [0.717, 1.165) is 23.5 Å². The zero-order valence-corrected chi connectivity index (χ0v) is 11.1. The Hall–Kier alpha value is -1.81. The fraction of sp³-hybridized carbons (Fsp3) is 0.400. The Kier molecular flexibility index (Phi) is 3.25. The number of hydrogen-bond donors (Lipinski definition) is 2. The molecule has 0 radical (unpaired) electrons. The number of hydrogen-bond acceptors (Lipinski definition) is 2. The maximum atomic E-state index is 12.0. The van der Waals surface area contributed by atoms with Gasteiger partial charge in [0.25, 0.3) is 5.91 Å². The van der Waals surface area contributed by atoms with Crippen molar-refractivity contribution in [3.8, 4) is 0 Å². The number of carbonyl (C=O) groups excluding carboxylic acids is 1. The zero-order chi connectivity index (χ0) is 13.2. The predicted molar refractivity (Wildman–Crippen MR) is 76.3 cm³/mol. The van der Waals surface area contributed by atoms with Crippen molar-refractivity contribution in [2.24, 2.45) is 0 Å². The first kappa shape index (κ1) is 12.2. The van der Waals surface area contributed by atoms with Crippen LogP contribution in [-0.4, -0.2) is 42.0 Å². The lowest BCUT2D eigenvalue weighted by molar-refractivity contribution is 0.0949. The van der Waals surface area contributed by atoms with Gasteiger partial charge in [0.2, 0.25) is 0 Å². The van der Waals surface area contributed by atoms with E-state index in [-0.39, 0.29) is 5.91 Å². The second kappa shape index (κ2) is 5.05. The largest absolute Gasteiger partial charge is 0.361 e. The standard InChI is InChI=1S/C15H19N3O/c1-18(13-4-5-13)9-8-17-15(19)12-3-2-11-6-7-16-14(11)10-12/h2-3,6-7,10,13,16H,4-5,8-9H2,1H3,(H,17,19). The molecule has 2 aromatic rings. The molecule has 1 aliphatic carbocycles. The van der Waals surface area contributed by atoms with E-state index >= 15 is 0 Å². The van der Waals surface area contributed by atoms with Crippen molar-refractivity contribution < 1.29 is 4.79 Å². The highest BCUT2D eigenvalue weighted by Gasteiger charge is 2.25. The minimum Gasteiger partial charge on any atom is -0.361 e. The van der Waals surface area contributed by atoms with Gasteiger partial charge in [0.15, 0.2) is 0 Å². The second-order valence-corrected chi connectivity index (χ2v) is 5.25. The molecule has 1 heterocycles. The van der Waals surface area contributed by atoms with Crippen LogP contribution in [0.25, 0.3) is 10.9 Å². The lowest BCUT2D eigenvalue weighted by Gasteiger charge is -2.15. The number of likely N-dealkylation sites (N-methyl/N-ethyl adjacent to an activating group) is 1. The molecule has 4 nitrogen and oxygen atoms in total. The lowest BCUT2D eigenvalue weighted by Crippen LogP contribution is -2.33. The molecular weight excluding hydrogens is 238 g/mol. The summed E-state index contributed by atoms with van der Waals surface area (Å²) in [6.07, 6.45) is 4.48. The summed E-state index contributed by atoms with van der Waals surface area (Å²) in [4.78, 5) is 17.5. The van der Waals surface area contributed by atoms with E-state index in [1.807, 2.05) is 30.5 Å². The van der Waals surface area contributed by atoms with Gasteiger partial charge in [0.05, 0.1) is 0 Å². The highest BCUT2D eigenvalue weighted by Crippen LogP contribution is 2.24. The Morgan fingerprint density at radius 1 is 1.42 bits per heavy atom. The zero-order valence-electron chi connectivity index (χ0n) is 11.1. The normalized spacial score (nSPS) is 15.1. The van der Waals surface area contributed by atoms with Gasteiger partial charge in [0.1, 0.15) is 0 Å². The number of nitrogens with one attached hydrogen (secondary N) is 2. The molecule has 19 heavy (non-hydrogen) atoms. The van der Waals surface area contributed by atoms with E-state index in [1.54, 1.807) is 0 Å². The molecule has 1 aromatic carbocycles. The van der Waals surface area contributed by atoms with Gasteiger partial charge < -0.3 is 15.2 Å². The highest BCUT2D eigenvalue weighted by atomic mass is 16.1. The fourth-order valence-corrected chi connectivity index (χ4v) is 2.33. The number of aromatic nitrogens is 1. The van der Waals surface area contributed by atoms with Crippen molar-refractivity contribution in [1.29, 1.82) is 0 Å². The molecule has 3 rings (SSSR count). The van der Waals surface area contributed by atoms with Crippen molar-refractivity contribution in [3.05, 3.63) is 36.0 Å². The first-order chi connectivity index (χ1) is 9.24. The predicted octanol–water partition coefficient (Wildman–Crippen LogP) is 1.99. The molecule has 4 heteroatoms. The van der Waals surface area contributed by atoms with E-state index in [2.05, 4.69) is 22.2 Å². The average molecular weight is 257 g/mol. The molecule has 0 aliphatic heterocycles. The van der Waals surface area contributed by atoms with Crippen LogP contribution in [0, 0.1) is 0 Å². The van der Waals surface area contributed by atoms with Crippen molar-refractivity contribution in [1.82, 2.24) is 15.2 Å². The van der Waals surface area contributed by atoms with Crippen LogP contribution in [0.3, 0.4) is 0 Å². The van der Waals surface area contributed by atoms with Crippen LogP contribution in [0.4, 0.5) is 0 Å². The highest BCUT2D eigenvalue weighted by molar-refractivity contribution is 5.97. The van der Waals surface area contributed by atoms with Crippen LogP contribution in [0.1, 0.15) is 23.2 Å². The van der Waals surface area contributed by atoms with Gasteiger partial charge in [-0.05, 0) is 43.5 Å². The number of aromatic amines is 1. The molecule has 1 aliphatic rings. The molecule has 0 atom stereocenters. The number of amides is 1. The van der Waals surface area contributed by atoms with Gasteiger partial charge in [-0.2, -0.15) is 0 Å². The van der Waals surface area contributed by atoms with Gasteiger partial charge in [0, 0.05) is 36.4 Å². The van der Waals surface area contributed by atoms with E-state index in [9.17, 15) is 4.79 Å². The van der Waals surface area contributed by atoms with Crippen molar-refractivity contribution in [3.63, 3.8) is 0 Å². The van der Waals surface area contributed by atoms with Crippen LogP contribution >= 0.6 is 0 Å². The van der Waals surface area contributed by atoms with Crippen LogP contribution in [0.5, 0.6) is 0 Å². The van der Waals surface area contributed by atoms with E-state index < -0.39 is 0 Å². The molecule has 0 bridgehead atoms. The average Bonchev–Trinajstić information content (AvgIpc) is 3.16. The summed E-state index contributed by atoms with van der Waals surface area (Å²) in [6.45, 7) is 1.62. The van der Waals surface area contributed by atoms with E-state index in [0.29, 0.717) is 12.1 Å². The number of rotatable bonds is 5. The maximum Gasteiger partial charge on any atom is 0.251 e. The minimum absolute atomic E-state index is 0.000645. The molecule has 0 unspecified atom stereocenters. The van der Waals surface area contributed by atoms with Crippen LogP contribution in [-0.2, 0) is 0 Å². The molecule has 0 saturated heterocycles. The monoisotopic (exact) mass is 257 g/mol. The smallest absolute Gasteiger partial charge is 0.251 e. The molecule has 100 valence electrons. The Morgan fingerprint density at radius 3 is 3.05 bits per heavy atom. The second-order valence-electron chi connectivity index (χ2n) is 5.25. The van der Waals surface area contributed by atoms with Gasteiger partial charge in [-0.15, -0.1) is 0 Å². The third-order valence-electron chi connectivity index (χ3n) is 3.74. The molecule has 1 saturated carbocycles. The quantitative estimate of drug-likeness (QED) is 0.860. The van der Waals surface area contributed by atoms with Gasteiger partial charge >= 0.3 is 0 Å². The van der Waals surface area contributed by atoms with Crippen LogP contribution in [0.2, 0.25) is 0 Å². The molecular formula is C15H19N3O. The minimum atomic E-state index is 0.000645. The number of nitrogens with zero attached hydrogens (tertiary/aromatic N) is 1. The van der Waals surface area contributed by atoms with Gasteiger partial charge in [-0.3, -0.25) is 4.79 Å². The van der Waals surface area contributed by atoms with Crippen molar-refractivity contribution in [2.45, 2.75) is 18.9 Å². The number of fused-ring (bicyclic) bond motifs is 1. The Labute approximate surface area is 112 Å². The topological polar surface area (TPSA) is 48.1 Å². The Bertz CT molecular complexity index is 586. The summed E-state index contributed by atoms with van der Waals surface area (Å²) in [5.74, 6) is 0.000645. The van der Waals surface area contributed by atoms with E-state index in [1.165, 1.54) is 12.8 Å². The summed E-state index contributed by atoms with van der Waals surface area (Å²) >= 11 is 0. The summed E-state index contributed by atoms with van der Waals surface area (Å²) < 4.78 is 0. The van der Waals surface area contributed by atoms with Gasteiger partial charge in [-0.25, -0.2) is 0 Å². The third kappa shape index (κ3) is 2.79. The lowest BCUT2D eigenvalue weighted by atomic mass is 10.1. The van der Waals surface area contributed by atoms with E-state index in [4.69, 9.17) is 0 Å². The SMILES string of the molecule is CN(CCNC(=O)c1ccc2cc[nH]c2c1)C1CC1. The first-order valence-electron chi connectivity index (χ1n) is 6.79. The Balaban J connectivity index is 1.56. The molecule has 2 N–H and O–H groups in total. The summed E-state index contributed by atoms with van der Waals surface area (Å²) in [7, 11) is 2.12. The molecule has 1 amide bonds. The number of carbonyl (C=O) groups is 1. The number of benzene rings is 1. The molecule has 1 aromatic heterocycles. The van der Waals surface area contributed by atoms with Crippen molar-refractivity contribution >= 4 is 16.8 Å². The van der Waals surface area contributed by atoms with Gasteiger partial charge in [-0.1, -0.05) is 6.07 Å². The number of H-pyrrole nitrogens is 1. The molecule has 0 spiro atoms. The summed E-state index contributed by atoms with van der Waals surface area (Å²) in [5.41, 5.74) is 1.71. The van der Waals surface area contributed by atoms with Crippen LogP contribution in [0.15, 0.2) is 30.5 Å². The fourth-order valence-electron chi connectivity index (χ4n) is 2.33. The third-order valence-corrected chi connectivity index (χ3v) is 3.74. The summed E-state index contributed by atoms with van der Waals surface area (Å²) in [5, 5.41) is 4.10. The Morgan fingerprint density at radius 2 is 2.26 bits per heavy atom. The van der Waals surface area contributed by atoms with Crippen molar-refractivity contribution in [2.75, 3.05) is 20.1 Å².